The summed E-state index contributed by atoms with van der Waals surface area (Å²) in [6, 6.07) is 5.75. The van der Waals surface area contributed by atoms with Crippen LogP contribution in [0.5, 0.6) is 5.75 Å². The van der Waals surface area contributed by atoms with Gasteiger partial charge in [0, 0.05) is 18.7 Å². The molecule has 0 heterocycles. The summed E-state index contributed by atoms with van der Waals surface area (Å²) < 4.78 is 10.0. The summed E-state index contributed by atoms with van der Waals surface area (Å²) >= 11 is 0. The molecule has 0 saturated carbocycles. The number of ether oxygens (including phenoxy) is 2. The zero-order valence-corrected chi connectivity index (χ0v) is 11.4. The minimum Gasteiger partial charge on any atom is -0.496 e. The highest BCUT2D eigenvalue weighted by Gasteiger charge is 2.01. The number of hydrogen-bond donors (Lipinski definition) is 1. The van der Waals surface area contributed by atoms with Crippen molar-refractivity contribution in [1.82, 2.24) is 5.48 Å². The van der Waals surface area contributed by atoms with Crippen molar-refractivity contribution >= 4 is 12.0 Å². The number of methoxy groups -OCH3 is 2. The number of hydroxylamine groups is 1. The number of carbonyl (C=O) groups excluding carboxylic acids is 1. The molecule has 0 aliphatic rings. The topological polar surface area (TPSA) is 56.8 Å². The van der Waals surface area contributed by atoms with Crippen LogP contribution in [0.1, 0.15) is 11.1 Å². The molecule has 1 amide bonds. The van der Waals surface area contributed by atoms with Crippen molar-refractivity contribution in [2.24, 2.45) is 0 Å². The molecule has 1 rings (SSSR count). The Labute approximate surface area is 113 Å². The van der Waals surface area contributed by atoms with Gasteiger partial charge in [-0.15, -0.1) is 0 Å². The highest BCUT2D eigenvalue weighted by Crippen LogP contribution is 2.20. The molecule has 104 valence electrons. The maximum absolute atomic E-state index is 11.5. The lowest BCUT2D eigenvalue weighted by Crippen LogP contribution is -2.23. The lowest BCUT2D eigenvalue weighted by Gasteiger charge is -2.06. The van der Waals surface area contributed by atoms with E-state index in [0.29, 0.717) is 13.2 Å². The molecule has 0 spiro atoms. The smallest absolute Gasteiger partial charge is 0.267 e. The molecule has 0 aromatic heterocycles. The van der Waals surface area contributed by atoms with Crippen LogP contribution < -0.4 is 10.2 Å². The average Bonchev–Trinajstić information content (AvgIpc) is 2.41. The molecule has 5 heteroatoms. The van der Waals surface area contributed by atoms with Gasteiger partial charge in [-0.3, -0.25) is 9.63 Å². The van der Waals surface area contributed by atoms with Crippen LogP contribution in [0.25, 0.3) is 6.08 Å². The van der Waals surface area contributed by atoms with Crippen LogP contribution in [0.4, 0.5) is 0 Å². The van der Waals surface area contributed by atoms with E-state index in [1.807, 2.05) is 25.1 Å². The van der Waals surface area contributed by atoms with E-state index >= 15 is 0 Å². The zero-order chi connectivity index (χ0) is 14.1. The fourth-order valence-corrected chi connectivity index (χ4v) is 1.43. The first-order chi connectivity index (χ1) is 9.17. The standard InChI is InChI=1S/C14H19NO4/c1-11-4-6-13(18-3)12(10-11)5-7-14(16)15-19-9-8-17-2/h4-7,10H,8-9H2,1-3H3,(H,15,16)/b7-5+. The van der Waals surface area contributed by atoms with E-state index in [0.717, 1.165) is 16.9 Å². The summed E-state index contributed by atoms with van der Waals surface area (Å²) in [6.45, 7) is 2.71. The van der Waals surface area contributed by atoms with Crippen molar-refractivity contribution in [2.45, 2.75) is 6.92 Å². The van der Waals surface area contributed by atoms with Gasteiger partial charge in [-0.05, 0) is 25.1 Å². The van der Waals surface area contributed by atoms with Crippen LogP contribution in [0.15, 0.2) is 24.3 Å². The Bertz CT molecular complexity index is 443. The highest BCUT2D eigenvalue weighted by atomic mass is 16.7. The lowest BCUT2D eigenvalue weighted by atomic mass is 10.1. The molecular weight excluding hydrogens is 246 g/mol. The van der Waals surface area contributed by atoms with Crippen LogP contribution in [-0.2, 0) is 14.4 Å². The first kappa shape index (κ1) is 15.2. The summed E-state index contributed by atoms with van der Waals surface area (Å²) in [5, 5.41) is 0. The summed E-state index contributed by atoms with van der Waals surface area (Å²) in [5.41, 5.74) is 4.23. The molecule has 0 unspecified atom stereocenters. The second kappa shape index (κ2) is 8.29. The van der Waals surface area contributed by atoms with Crippen LogP contribution in [-0.4, -0.2) is 33.3 Å². The number of carbonyl (C=O) groups is 1. The molecule has 5 nitrogen and oxygen atoms in total. The third-order valence-electron chi connectivity index (χ3n) is 2.36. The Morgan fingerprint density at radius 2 is 2.11 bits per heavy atom. The van der Waals surface area contributed by atoms with Crippen LogP contribution >= 0.6 is 0 Å². The van der Waals surface area contributed by atoms with E-state index < -0.39 is 0 Å². The molecule has 0 bridgehead atoms. The quantitative estimate of drug-likeness (QED) is 0.463. The van der Waals surface area contributed by atoms with Crippen molar-refractivity contribution in [3.8, 4) is 5.75 Å². The summed E-state index contributed by atoms with van der Waals surface area (Å²) in [4.78, 5) is 16.4. The molecule has 1 aromatic carbocycles. The van der Waals surface area contributed by atoms with Gasteiger partial charge in [0.1, 0.15) is 5.75 Å². The van der Waals surface area contributed by atoms with E-state index in [1.165, 1.54) is 6.08 Å². The average molecular weight is 265 g/mol. The fraction of sp³-hybridized carbons (Fsp3) is 0.357. The molecule has 0 radical (unpaired) electrons. The number of hydrogen-bond acceptors (Lipinski definition) is 4. The first-order valence-electron chi connectivity index (χ1n) is 5.90. The third kappa shape index (κ3) is 5.54. The Morgan fingerprint density at radius 1 is 1.32 bits per heavy atom. The third-order valence-corrected chi connectivity index (χ3v) is 2.36. The zero-order valence-electron chi connectivity index (χ0n) is 11.4. The van der Waals surface area contributed by atoms with E-state index in [9.17, 15) is 4.79 Å². The normalized spacial score (nSPS) is 10.7. The number of nitrogens with one attached hydrogen (secondary N) is 1. The van der Waals surface area contributed by atoms with Crippen LogP contribution in [0.3, 0.4) is 0 Å². The minimum absolute atomic E-state index is 0.309. The number of benzene rings is 1. The fourth-order valence-electron chi connectivity index (χ4n) is 1.43. The van der Waals surface area contributed by atoms with Gasteiger partial charge < -0.3 is 9.47 Å². The van der Waals surface area contributed by atoms with Crippen molar-refractivity contribution in [3.05, 3.63) is 35.4 Å². The lowest BCUT2D eigenvalue weighted by molar-refractivity contribution is -0.129. The van der Waals surface area contributed by atoms with Gasteiger partial charge in [-0.25, -0.2) is 5.48 Å². The maximum atomic E-state index is 11.5. The predicted molar refractivity (Wildman–Crippen MR) is 72.7 cm³/mol. The van der Waals surface area contributed by atoms with E-state index in [2.05, 4.69) is 5.48 Å². The predicted octanol–water partition coefficient (Wildman–Crippen LogP) is 1.71. The Morgan fingerprint density at radius 3 is 2.79 bits per heavy atom. The highest BCUT2D eigenvalue weighted by molar-refractivity contribution is 5.91. The van der Waals surface area contributed by atoms with E-state index in [4.69, 9.17) is 14.3 Å². The van der Waals surface area contributed by atoms with E-state index in [1.54, 1.807) is 20.3 Å². The maximum Gasteiger partial charge on any atom is 0.267 e. The second-order valence-electron chi connectivity index (χ2n) is 3.89. The molecule has 1 aromatic rings. The van der Waals surface area contributed by atoms with Gasteiger partial charge in [0.05, 0.1) is 20.3 Å². The Kier molecular flexibility index (Phi) is 6.63. The SMILES string of the molecule is COCCONC(=O)/C=C/c1cc(C)ccc1OC. The van der Waals surface area contributed by atoms with Crippen molar-refractivity contribution in [1.29, 1.82) is 0 Å². The molecule has 0 atom stereocenters. The van der Waals surface area contributed by atoms with Gasteiger partial charge in [-0.2, -0.15) is 0 Å². The number of amides is 1. The number of rotatable bonds is 7. The summed E-state index contributed by atoms with van der Waals surface area (Å²) in [5.74, 6) is 0.384. The van der Waals surface area contributed by atoms with Crippen molar-refractivity contribution in [3.63, 3.8) is 0 Å². The molecular formula is C14H19NO4. The van der Waals surface area contributed by atoms with Gasteiger partial charge in [0.15, 0.2) is 0 Å². The Hall–Kier alpha value is -1.85. The van der Waals surface area contributed by atoms with Crippen LogP contribution in [0, 0.1) is 6.92 Å². The summed E-state index contributed by atoms with van der Waals surface area (Å²) in [6.07, 6.45) is 3.07. The van der Waals surface area contributed by atoms with Crippen molar-refractivity contribution < 1.29 is 19.1 Å². The minimum atomic E-state index is -0.334. The largest absolute Gasteiger partial charge is 0.496 e. The van der Waals surface area contributed by atoms with Gasteiger partial charge in [0.25, 0.3) is 5.91 Å². The van der Waals surface area contributed by atoms with Crippen LogP contribution in [0.2, 0.25) is 0 Å². The van der Waals surface area contributed by atoms with E-state index in [-0.39, 0.29) is 5.91 Å². The van der Waals surface area contributed by atoms with Gasteiger partial charge >= 0.3 is 0 Å². The monoisotopic (exact) mass is 265 g/mol. The molecule has 0 fully saturated rings. The second-order valence-corrected chi connectivity index (χ2v) is 3.89. The molecule has 0 aliphatic carbocycles. The number of aryl methyl sites for hydroxylation is 1. The first-order valence-corrected chi connectivity index (χ1v) is 5.90. The molecule has 1 N–H and O–H groups in total. The van der Waals surface area contributed by atoms with Crippen molar-refractivity contribution in [2.75, 3.05) is 27.4 Å². The Balaban J connectivity index is 2.55. The molecule has 0 saturated heterocycles. The molecule has 19 heavy (non-hydrogen) atoms. The molecule has 0 aliphatic heterocycles. The van der Waals surface area contributed by atoms with Gasteiger partial charge in [-0.1, -0.05) is 11.6 Å². The van der Waals surface area contributed by atoms with Gasteiger partial charge in [0.2, 0.25) is 0 Å². The summed E-state index contributed by atoms with van der Waals surface area (Å²) in [7, 11) is 3.16.